The predicted molar refractivity (Wildman–Crippen MR) is 256 cm³/mol. The number of aliphatic imine (C=N–C) groups is 2. The average Bonchev–Trinajstić information content (AvgIpc) is 3.17. The fraction of sp³-hybridized carbons (Fsp3) is 0.154. The van der Waals surface area contributed by atoms with Gasteiger partial charge in [-0.1, -0.05) is 67.5 Å². The molecule has 0 aliphatic heterocycles. The van der Waals surface area contributed by atoms with E-state index in [1.807, 2.05) is 0 Å². The molecule has 0 fully saturated rings. The van der Waals surface area contributed by atoms with E-state index in [1.165, 1.54) is 102 Å². The molecule has 0 spiro atoms. The summed E-state index contributed by atoms with van der Waals surface area (Å²) in [6.45, 7) is 1.93. The topological polar surface area (TPSA) is 135 Å². The third kappa shape index (κ3) is 22.9. The zero-order chi connectivity index (χ0) is 41.5. The van der Waals surface area contributed by atoms with Crippen molar-refractivity contribution in [1.82, 2.24) is 0 Å². The minimum atomic E-state index is -0.355. The number of nitrogens with two attached hydrogens (primary N) is 3. The summed E-state index contributed by atoms with van der Waals surface area (Å²) in [6.07, 6.45) is 0. The smallest absolute Gasteiger partial charge is 0.168 e. The van der Waals surface area contributed by atoms with Crippen LogP contribution in [0.4, 0.5) is 39.0 Å². The molecule has 0 unspecified atom stereocenters. The van der Waals surface area contributed by atoms with Crippen LogP contribution in [0.3, 0.4) is 0 Å². The van der Waals surface area contributed by atoms with E-state index in [-0.39, 0.29) is 79.9 Å². The van der Waals surface area contributed by atoms with E-state index in [0.717, 1.165) is 27.6 Å². The molecule has 0 aromatic heterocycles. The minimum absolute atomic E-state index is 0. The number of halogens is 9. The Morgan fingerprint density at radius 3 is 1.33 bits per heavy atom. The van der Waals surface area contributed by atoms with E-state index in [1.54, 1.807) is 37.3 Å². The standard InChI is InChI=1S/C22H19F3N4S2.C8H7Br2F.C7H7FN2S.C2H6O.2BrH/c23-16-3-7-19(8-4-16)28-21(26)30-12-14-1-2-18(25)11-15(14)13-31-22(27)29-20-9-5-17(24)6-10-20;9-4-6-1-2-8(11)3-7(6)5-10;8-5-1-3-6(4-2-5)10-7(9)11;1-2-3;;/h1-11H,12-13H2,(H2,26,28)(H2,27,29);1-3H,4-5H2;1-4H,(H3,9,10,11);3H,2H2,1H3;2*1H. The van der Waals surface area contributed by atoms with Gasteiger partial charge in [-0.25, -0.2) is 31.9 Å². The van der Waals surface area contributed by atoms with Crippen LogP contribution in [0.2, 0.25) is 0 Å². The molecule has 0 radical (unpaired) electrons. The number of thioether (sulfide) groups is 2. The van der Waals surface area contributed by atoms with Crippen LogP contribution < -0.4 is 22.5 Å². The molecular formula is C39H41Br4F5N6OS3. The Bertz CT molecular complexity index is 2020. The lowest BCUT2D eigenvalue weighted by Gasteiger charge is -2.09. The van der Waals surface area contributed by atoms with Crippen LogP contribution in [-0.4, -0.2) is 27.2 Å². The molecular weight excluding hydrogens is 1080 g/mol. The number of rotatable bonds is 9. The molecule has 8 N–H and O–H groups in total. The second-order valence-corrected chi connectivity index (χ2v) is 14.4. The quantitative estimate of drug-likeness (QED) is 0.0324. The molecule has 0 aliphatic carbocycles. The third-order valence-electron chi connectivity index (χ3n) is 6.62. The zero-order valence-corrected chi connectivity index (χ0v) is 39.7. The van der Waals surface area contributed by atoms with Crippen molar-refractivity contribution < 1.29 is 27.1 Å². The molecule has 58 heavy (non-hydrogen) atoms. The monoisotopic (exact) mass is 1120 g/mol. The highest BCUT2D eigenvalue weighted by atomic mass is 79.9. The summed E-state index contributed by atoms with van der Waals surface area (Å²) >= 11 is 13.8. The summed E-state index contributed by atoms with van der Waals surface area (Å²) in [5.74, 6) is -0.634. The number of aliphatic hydroxyl groups excluding tert-OH is 1. The van der Waals surface area contributed by atoms with Gasteiger partial charge in [0.2, 0.25) is 0 Å². The third-order valence-corrected chi connectivity index (χ3v) is 9.61. The molecule has 19 heteroatoms. The van der Waals surface area contributed by atoms with Crippen molar-refractivity contribution in [3.63, 3.8) is 0 Å². The maximum absolute atomic E-state index is 13.8. The predicted octanol–water partition coefficient (Wildman–Crippen LogP) is 12.1. The van der Waals surface area contributed by atoms with Gasteiger partial charge in [0.25, 0.3) is 0 Å². The average molecular weight is 1120 g/mol. The Morgan fingerprint density at radius 2 is 0.931 bits per heavy atom. The van der Waals surface area contributed by atoms with Gasteiger partial charge in [-0.05, 0) is 138 Å². The molecule has 7 nitrogen and oxygen atoms in total. The van der Waals surface area contributed by atoms with Crippen LogP contribution in [0.5, 0.6) is 0 Å². The molecule has 0 saturated heterocycles. The van der Waals surface area contributed by atoms with Crippen LogP contribution in [0.15, 0.2) is 119 Å². The van der Waals surface area contributed by atoms with Gasteiger partial charge < -0.3 is 27.6 Å². The SMILES string of the molecule is Br.Br.CCO.Fc1ccc(CBr)c(CBr)c1.NC(=Nc1ccc(F)cc1)SCc1ccc(F)cc1CSC(N)=Nc1ccc(F)cc1.NC(=S)Nc1ccc(F)cc1. The number of aliphatic hydroxyl groups is 1. The number of benzene rings is 5. The molecule has 5 aromatic carbocycles. The summed E-state index contributed by atoms with van der Waals surface area (Å²) in [5.41, 5.74) is 22.6. The van der Waals surface area contributed by atoms with Crippen molar-refractivity contribution in [2.45, 2.75) is 29.1 Å². The Hall–Kier alpha value is -3.04. The molecule has 0 aliphatic rings. The van der Waals surface area contributed by atoms with E-state index < -0.39 is 0 Å². The van der Waals surface area contributed by atoms with E-state index in [4.69, 9.17) is 22.3 Å². The number of amidine groups is 2. The minimum Gasteiger partial charge on any atom is -0.397 e. The van der Waals surface area contributed by atoms with Crippen molar-refractivity contribution in [3.8, 4) is 0 Å². The number of anilines is 1. The fourth-order valence-electron chi connectivity index (χ4n) is 4.05. The Morgan fingerprint density at radius 1 is 0.586 bits per heavy atom. The van der Waals surface area contributed by atoms with Gasteiger partial charge in [-0.15, -0.1) is 34.0 Å². The van der Waals surface area contributed by atoms with Gasteiger partial charge >= 0.3 is 0 Å². The lowest BCUT2D eigenvalue weighted by molar-refractivity contribution is 0.318. The largest absolute Gasteiger partial charge is 0.397 e. The normalized spacial score (nSPS) is 10.5. The molecule has 0 saturated carbocycles. The molecule has 314 valence electrons. The Balaban J connectivity index is 0.000000984. The second kappa shape index (κ2) is 30.9. The van der Waals surface area contributed by atoms with E-state index >= 15 is 0 Å². The number of hydrogen-bond donors (Lipinski definition) is 5. The number of hydrogen-bond acceptors (Lipinski definition) is 6. The molecule has 5 aromatic rings. The number of nitrogens with zero attached hydrogens (tertiary/aromatic N) is 2. The molecule has 0 heterocycles. The zero-order valence-electron chi connectivity index (χ0n) is 30.7. The summed E-state index contributed by atoms with van der Waals surface area (Å²) in [7, 11) is 0. The number of thiocarbonyl (C=S) groups is 1. The van der Waals surface area contributed by atoms with Gasteiger partial charge in [-0.2, -0.15) is 0 Å². The lowest BCUT2D eigenvalue weighted by atomic mass is 10.1. The van der Waals surface area contributed by atoms with Crippen molar-refractivity contribution in [2.75, 3.05) is 11.9 Å². The summed E-state index contributed by atoms with van der Waals surface area (Å²) in [5, 5.41) is 12.5. The Kier molecular flexibility index (Phi) is 29.3. The van der Waals surface area contributed by atoms with Crippen LogP contribution in [0, 0.1) is 29.1 Å². The van der Waals surface area contributed by atoms with Gasteiger partial charge in [0.15, 0.2) is 15.4 Å². The first-order chi connectivity index (χ1) is 26.8. The van der Waals surface area contributed by atoms with Crippen LogP contribution in [-0.2, 0) is 22.2 Å². The van der Waals surface area contributed by atoms with Crippen molar-refractivity contribution in [2.24, 2.45) is 27.2 Å². The van der Waals surface area contributed by atoms with Crippen LogP contribution >= 0.6 is 102 Å². The summed E-state index contributed by atoms with van der Waals surface area (Å²) in [4.78, 5) is 8.46. The number of alkyl halides is 2. The molecule has 5 rings (SSSR count). The van der Waals surface area contributed by atoms with Gasteiger partial charge in [0.05, 0.1) is 11.4 Å². The molecule has 0 amide bonds. The molecule has 0 bridgehead atoms. The van der Waals surface area contributed by atoms with Gasteiger partial charge in [0, 0.05) is 34.5 Å². The van der Waals surface area contributed by atoms with E-state index in [2.05, 4.69) is 59.4 Å². The summed E-state index contributed by atoms with van der Waals surface area (Å²) < 4.78 is 64.7. The van der Waals surface area contributed by atoms with Crippen LogP contribution in [0.25, 0.3) is 0 Å². The highest BCUT2D eigenvalue weighted by Crippen LogP contribution is 2.25. The van der Waals surface area contributed by atoms with Crippen molar-refractivity contribution in [3.05, 3.63) is 161 Å². The molecule has 0 atom stereocenters. The number of nitrogens with one attached hydrogen (secondary N) is 1. The van der Waals surface area contributed by atoms with Gasteiger partial charge in [-0.3, -0.25) is 0 Å². The first-order valence-electron chi connectivity index (χ1n) is 16.3. The highest BCUT2D eigenvalue weighted by molar-refractivity contribution is 9.09. The first kappa shape index (κ1) is 55.0. The van der Waals surface area contributed by atoms with Crippen molar-refractivity contribution in [1.29, 1.82) is 0 Å². The highest BCUT2D eigenvalue weighted by Gasteiger charge is 2.08. The lowest BCUT2D eigenvalue weighted by Crippen LogP contribution is -2.18. The van der Waals surface area contributed by atoms with E-state index in [0.29, 0.717) is 39.1 Å². The fourth-order valence-corrected chi connectivity index (χ4v) is 6.73. The maximum Gasteiger partial charge on any atom is 0.168 e. The Labute approximate surface area is 386 Å². The van der Waals surface area contributed by atoms with E-state index in [9.17, 15) is 22.0 Å². The second-order valence-electron chi connectivity index (χ2n) is 10.8. The van der Waals surface area contributed by atoms with Crippen LogP contribution in [0.1, 0.15) is 29.2 Å². The van der Waals surface area contributed by atoms with Gasteiger partial charge in [0.1, 0.15) is 29.1 Å². The van der Waals surface area contributed by atoms with Crippen molar-refractivity contribution >= 4 is 134 Å². The first-order valence-corrected chi connectivity index (χ1v) is 20.9. The summed E-state index contributed by atoms with van der Waals surface area (Å²) in [6, 6.07) is 26.5. The maximum atomic E-state index is 13.8.